The van der Waals surface area contributed by atoms with Crippen LogP contribution in [0, 0.1) is 6.92 Å². The Morgan fingerprint density at radius 2 is 2.04 bits per heavy atom. The highest BCUT2D eigenvalue weighted by molar-refractivity contribution is 5.58. The number of nitrogens with zero attached hydrogens (tertiary/aromatic N) is 5. The summed E-state index contributed by atoms with van der Waals surface area (Å²) in [7, 11) is 2.17. The number of hydrogen-bond acceptors (Lipinski definition) is 5. The van der Waals surface area contributed by atoms with Crippen molar-refractivity contribution < 1.29 is 4.52 Å². The number of imidazole rings is 1. The molecule has 3 heterocycles. The number of hydrogen-bond donors (Lipinski definition) is 0. The molecule has 0 N–H and O–H groups in total. The summed E-state index contributed by atoms with van der Waals surface area (Å²) in [5.74, 6) is 3.30. The minimum absolute atomic E-state index is 0.671. The minimum atomic E-state index is 0.671. The smallest absolute Gasteiger partial charge is 0.241 e. The van der Waals surface area contributed by atoms with E-state index < -0.39 is 0 Å². The summed E-state index contributed by atoms with van der Waals surface area (Å²) in [5.41, 5.74) is 4.80. The van der Waals surface area contributed by atoms with Crippen LogP contribution in [0.4, 0.5) is 0 Å². The maximum Gasteiger partial charge on any atom is 0.241 e. The number of benzene rings is 1. The average Bonchev–Trinajstić information content (AvgIpc) is 3.30. The van der Waals surface area contributed by atoms with Gasteiger partial charge in [0.05, 0.1) is 12.2 Å². The molecule has 134 valence electrons. The average molecular weight is 349 g/mol. The number of aryl methyl sites for hydroxylation is 1. The normalized spacial score (nSPS) is 17.5. The van der Waals surface area contributed by atoms with E-state index in [9.17, 15) is 0 Å². The molecule has 0 saturated heterocycles. The van der Waals surface area contributed by atoms with Crippen LogP contribution in [0.1, 0.15) is 47.4 Å². The van der Waals surface area contributed by atoms with E-state index in [2.05, 4.69) is 39.6 Å². The zero-order chi connectivity index (χ0) is 17.7. The second-order valence-electron chi connectivity index (χ2n) is 7.48. The standard InChI is InChI=1S/C20H23N5O/c1-13-5-3-4-6-15(13)19-22-18(26-23-19)12-25-10-9-17-16(11-25)21-20(24(17)2)14-7-8-14/h3-6,14H,7-12H2,1-2H3. The van der Waals surface area contributed by atoms with Crippen LogP contribution in [0.3, 0.4) is 0 Å². The lowest BCUT2D eigenvalue weighted by molar-refractivity contribution is 0.206. The zero-order valence-electron chi connectivity index (χ0n) is 15.3. The van der Waals surface area contributed by atoms with Crippen LogP contribution in [-0.4, -0.2) is 31.1 Å². The Balaban J connectivity index is 1.32. The van der Waals surface area contributed by atoms with Crippen LogP contribution in [0.25, 0.3) is 11.4 Å². The van der Waals surface area contributed by atoms with Gasteiger partial charge in [0.25, 0.3) is 0 Å². The predicted molar refractivity (Wildman–Crippen MR) is 97.5 cm³/mol. The van der Waals surface area contributed by atoms with Crippen molar-refractivity contribution >= 4 is 0 Å². The molecule has 0 atom stereocenters. The lowest BCUT2D eigenvalue weighted by Crippen LogP contribution is -2.30. The highest BCUT2D eigenvalue weighted by atomic mass is 16.5. The fraction of sp³-hybridized carbons (Fsp3) is 0.450. The molecule has 0 radical (unpaired) electrons. The Labute approximate surface area is 152 Å². The second-order valence-corrected chi connectivity index (χ2v) is 7.48. The molecule has 0 spiro atoms. The van der Waals surface area contributed by atoms with Gasteiger partial charge in [-0.25, -0.2) is 4.98 Å². The second kappa shape index (κ2) is 6.06. The van der Waals surface area contributed by atoms with Crippen molar-refractivity contribution in [1.29, 1.82) is 0 Å². The van der Waals surface area contributed by atoms with E-state index in [-0.39, 0.29) is 0 Å². The molecular formula is C20H23N5O. The van der Waals surface area contributed by atoms with Crippen LogP contribution in [0.5, 0.6) is 0 Å². The molecule has 6 nitrogen and oxygen atoms in total. The summed E-state index contributed by atoms with van der Waals surface area (Å²) in [4.78, 5) is 11.9. The third-order valence-electron chi connectivity index (χ3n) is 5.52. The van der Waals surface area contributed by atoms with Crippen molar-refractivity contribution in [2.24, 2.45) is 7.05 Å². The van der Waals surface area contributed by atoms with Gasteiger partial charge in [0.2, 0.25) is 11.7 Å². The van der Waals surface area contributed by atoms with E-state index in [4.69, 9.17) is 9.51 Å². The first-order valence-electron chi connectivity index (χ1n) is 9.34. The van der Waals surface area contributed by atoms with Crippen LogP contribution >= 0.6 is 0 Å². The highest BCUT2D eigenvalue weighted by Crippen LogP contribution is 2.40. The van der Waals surface area contributed by atoms with Gasteiger partial charge in [0.1, 0.15) is 5.82 Å². The summed E-state index contributed by atoms with van der Waals surface area (Å²) in [6.07, 6.45) is 3.61. The van der Waals surface area contributed by atoms with E-state index in [1.807, 2.05) is 18.2 Å². The third kappa shape index (κ3) is 2.74. The Kier molecular flexibility index (Phi) is 3.67. The lowest BCUT2D eigenvalue weighted by Gasteiger charge is -2.24. The van der Waals surface area contributed by atoms with E-state index in [1.54, 1.807) is 0 Å². The van der Waals surface area contributed by atoms with Gasteiger partial charge in [-0.3, -0.25) is 4.90 Å². The van der Waals surface area contributed by atoms with Crippen LogP contribution in [-0.2, 0) is 26.6 Å². The minimum Gasteiger partial charge on any atom is -0.338 e. The fourth-order valence-electron chi connectivity index (χ4n) is 3.89. The van der Waals surface area contributed by atoms with Gasteiger partial charge in [-0.05, 0) is 25.3 Å². The molecule has 5 rings (SSSR count). The van der Waals surface area contributed by atoms with E-state index >= 15 is 0 Å². The van der Waals surface area contributed by atoms with Crippen molar-refractivity contribution in [3.05, 3.63) is 52.9 Å². The molecule has 0 bridgehead atoms. The Hall–Kier alpha value is -2.47. The molecule has 1 fully saturated rings. The summed E-state index contributed by atoms with van der Waals surface area (Å²) >= 11 is 0. The number of aromatic nitrogens is 4. The first kappa shape index (κ1) is 15.8. The van der Waals surface area contributed by atoms with Gasteiger partial charge < -0.3 is 9.09 Å². The van der Waals surface area contributed by atoms with E-state index in [0.717, 1.165) is 30.6 Å². The van der Waals surface area contributed by atoms with Gasteiger partial charge in [0.15, 0.2) is 0 Å². The molecule has 1 saturated carbocycles. The van der Waals surface area contributed by atoms with Crippen LogP contribution in [0.2, 0.25) is 0 Å². The molecule has 6 heteroatoms. The van der Waals surface area contributed by atoms with Gasteiger partial charge in [0, 0.05) is 43.7 Å². The van der Waals surface area contributed by atoms with Gasteiger partial charge in [-0.2, -0.15) is 4.98 Å². The van der Waals surface area contributed by atoms with Crippen molar-refractivity contribution in [1.82, 2.24) is 24.6 Å². The highest BCUT2D eigenvalue weighted by Gasteiger charge is 2.32. The molecule has 26 heavy (non-hydrogen) atoms. The molecular weight excluding hydrogens is 326 g/mol. The predicted octanol–water partition coefficient (Wildman–Crippen LogP) is 3.21. The SMILES string of the molecule is Cc1ccccc1-c1noc(CN2CCc3c(nc(C4CC4)n3C)C2)n1. The molecule has 1 aliphatic heterocycles. The van der Waals surface area contributed by atoms with Crippen LogP contribution in [0.15, 0.2) is 28.8 Å². The van der Waals surface area contributed by atoms with Crippen LogP contribution < -0.4 is 0 Å². The first-order valence-corrected chi connectivity index (χ1v) is 9.34. The first-order chi connectivity index (χ1) is 12.7. The fourth-order valence-corrected chi connectivity index (χ4v) is 3.89. The molecule has 3 aromatic rings. The zero-order valence-corrected chi connectivity index (χ0v) is 15.3. The molecule has 2 aromatic heterocycles. The summed E-state index contributed by atoms with van der Waals surface area (Å²) in [5, 5.41) is 4.17. The molecule has 0 amide bonds. The molecule has 1 aliphatic carbocycles. The van der Waals surface area contributed by atoms with Gasteiger partial charge >= 0.3 is 0 Å². The molecule has 2 aliphatic rings. The molecule has 0 unspecified atom stereocenters. The van der Waals surface area contributed by atoms with Crippen molar-refractivity contribution in [2.45, 2.75) is 45.2 Å². The van der Waals surface area contributed by atoms with Gasteiger partial charge in [-0.15, -0.1) is 0 Å². The van der Waals surface area contributed by atoms with Crippen molar-refractivity contribution in [3.63, 3.8) is 0 Å². The van der Waals surface area contributed by atoms with E-state index in [1.165, 1.54) is 30.1 Å². The topological polar surface area (TPSA) is 60.0 Å². The molecule has 1 aromatic carbocycles. The van der Waals surface area contributed by atoms with E-state index in [0.29, 0.717) is 24.2 Å². The monoisotopic (exact) mass is 349 g/mol. The maximum absolute atomic E-state index is 5.51. The Bertz CT molecular complexity index is 953. The largest absolute Gasteiger partial charge is 0.338 e. The Morgan fingerprint density at radius 3 is 2.85 bits per heavy atom. The maximum atomic E-state index is 5.51. The van der Waals surface area contributed by atoms with Gasteiger partial charge in [-0.1, -0.05) is 29.4 Å². The lowest BCUT2D eigenvalue weighted by atomic mass is 10.1. The summed E-state index contributed by atoms with van der Waals surface area (Å²) in [6.45, 7) is 4.60. The van der Waals surface area contributed by atoms with Crippen molar-refractivity contribution in [3.8, 4) is 11.4 Å². The summed E-state index contributed by atoms with van der Waals surface area (Å²) in [6, 6.07) is 8.12. The Morgan fingerprint density at radius 1 is 1.19 bits per heavy atom. The third-order valence-corrected chi connectivity index (χ3v) is 5.52. The van der Waals surface area contributed by atoms with Crippen molar-refractivity contribution in [2.75, 3.05) is 6.54 Å². The number of rotatable bonds is 4. The quantitative estimate of drug-likeness (QED) is 0.724. The number of fused-ring (bicyclic) bond motifs is 1. The summed E-state index contributed by atoms with van der Waals surface area (Å²) < 4.78 is 7.84.